The van der Waals surface area contributed by atoms with Gasteiger partial charge >= 0.3 is 0 Å². The zero-order valence-electron chi connectivity index (χ0n) is 6.39. The average molecular weight is 126 g/mol. The van der Waals surface area contributed by atoms with Crippen molar-refractivity contribution in [2.24, 2.45) is 9.98 Å². The van der Waals surface area contributed by atoms with E-state index in [1.807, 2.05) is 6.21 Å². The number of rotatable bonds is 3. The molecule has 0 rings (SSSR count). The Balaban J connectivity index is 3.70. The summed E-state index contributed by atoms with van der Waals surface area (Å²) in [5, 5.41) is 0. The second-order valence-corrected chi connectivity index (χ2v) is 1.85. The van der Waals surface area contributed by atoms with Crippen LogP contribution in [0.3, 0.4) is 0 Å². The minimum absolute atomic E-state index is 1.04. The largest absolute Gasteiger partial charge is 0.295 e. The van der Waals surface area contributed by atoms with E-state index >= 15 is 0 Å². The molecule has 0 saturated heterocycles. The summed E-state index contributed by atoms with van der Waals surface area (Å²) in [5.74, 6) is 0. The molecule has 0 aliphatic heterocycles. The molecule has 0 unspecified atom stereocenters. The van der Waals surface area contributed by atoms with Crippen LogP contribution in [-0.4, -0.2) is 26.0 Å². The second kappa shape index (κ2) is 5.48. The fourth-order valence-electron chi connectivity index (χ4n) is 0.639. The Morgan fingerprint density at radius 3 is 2.44 bits per heavy atom. The molecule has 52 valence electrons. The Kier molecular flexibility index (Phi) is 5.07. The molecule has 0 spiro atoms. The molecule has 0 bridgehead atoms. The Bertz CT molecular complexity index is 114. The molecular formula is C7H14N2. The van der Waals surface area contributed by atoms with Crippen molar-refractivity contribution in [3.8, 4) is 0 Å². The van der Waals surface area contributed by atoms with Crippen LogP contribution in [0.25, 0.3) is 0 Å². The maximum atomic E-state index is 4.03. The van der Waals surface area contributed by atoms with Crippen molar-refractivity contribution in [1.29, 1.82) is 0 Å². The lowest BCUT2D eigenvalue weighted by Gasteiger charge is -1.92. The minimum Gasteiger partial charge on any atom is -0.295 e. The third-order valence-electron chi connectivity index (χ3n) is 1.07. The maximum absolute atomic E-state index is 4.03. The lowest BCUT2D eigenvalue weighted by molar-refractivity contribution is 0.998. The third kappa shape index (κ3) is 3.88. The van der Waals surface area contributed by atoms with Gasteiger partial charge < -0.3 is 0 Å². The van der Waals surface area contributed by atoms with Crippen LogP contribution < -0.4 is 0 Å². The average Bonchev–Trinajstić information content (AvgIpc) is 1.88. The number of aliphatic imine (C=N–C) groups is 2. The van der Waals surface area contributed by atoms with Gasteiger partial charge in [0.05, 0.1) is 5.71 Å². The molecule has 0 aromatic carbocycles. The van der Waals surface area contributed by atoms with E-state index in [4.69, 9.17) is 0 Å². The smallest absolute Gasteiger partial charge is 0.0522 e. The maximum Gasteiger partial charge on any atom is 0.0522 e. The lowest BCUT2D eigenvalue weighted by Crippen LogP contribution is -1.97. The Labute approximate surface area is 56.7 Å². The van der Waals surface area contributed by atoms with Crippen LogP contribution in [0.4, 0.5) is 0 Å². The fourth-order valence-corrected chi connectivity index (χ4v) is 0.639. The summed E-state index contributed by atoms with van der Waals surface area (Å²) in [6.45, 7) is 2.13. The highest BCUT2D eigenvalue weighted by Crippen LogP contribution is 1.88. The predicted octanol–water partition coefficient (Wildman–Crippen LogP) is 1.56. The SMILES string of the molecule is CCCC(C=NC)=NC. The zero-order chi connectivity index (χ0) is 7.11. The van der Waals surface area contributed by atoms with Crippen LogP contribution in [0.15, 0.2) is 9.98 Å². The van der Waals surface area contributed by atoms with E-state index in [2.05, 4.69) is 16.9 Å². The first-order valence-corrected chi connectivity index (χ1v) is 3.23. The highest BCUT2D eigenvalue weighted by atomic mass is 14.7. The summed E-state index contributed by atoms with van der Waals surface area (Å²) in [7, 11) is 3.56. The molecule has 0 heterocycles. The summed E-state index contributed by atoms with van der Waals surface area (Å²) in [4.78, 5) is 7.90. The topological polar surface area (TPSA) is 24.7 Å². The molecule has 0 aromatic rings. The summed E-state index contributed by atoms with van der Waals surface area (Å²) in [6, 6.07) is 0. The van der Waals surface area contributed by atoms with E-state index in [9.17, 15) is 0 Å². The highest BCUT2D eigenvalue weighted by Gasteiger charge is 1.88. The van der Waals surface area contributed by atoms with Gasteiger partial charge in [-0.3, -0.25) is 9.98 Å². The Morgan fingerprint density at radius 2 is 2.11 bits per heavy atom. The summed E-state index contributed by atoms with van der Waals surface area (Å²) >= 11 is 0. The van der Waals surface area contributed by atoms with Gasteiger partial charge in [0.25, 0.3) is 0 Å². The molecule has 0 aliphatic carbocycles. The first-order chi connectivity index (χ1) is 4.35. The van der Waals surface area contributed by atoms with E-state index in [0.717, 1.165) is 18.6 Å². The van der Waals surface area contributed by atoms with Crippen molar-refractivity contribution in [2.75, 3.05) is 14.1 Å². The number of nitrogens with zero attached hydrogens (tertiary/aromatic N) is 2. The van der Waals surface area contributed by atoms with E-state index in [1.165, 1.54) is 0 Å². The predicted molar refractivity (Wildman–Crippen MR) is 42.7 cm³/mol. The Hall–Kier alpha value is -0.660. The van der Waals surface area contributed by atoms with E-state index in [-0.39, 0.29) is 0 Å². The molecule has 0 aromatic heterocycles. The minimum atomic E-state index is 1.04. The fraction of sp³-hybridized carbons (Fsp3) is 0.714. The molecule has 0 saturated carbocycles. The van der Waals surface area contributed by atoms with Crippen molar-refractivity contribution in [1.82, 2.24) is 0 Å². The number of hydrogen-bond donors (Lipinski definition) is 0. The van der Waals surface area contributed by atoms with Gasteiger partial charge in [-0.1, -0.05) is 13.3 Å². The first-order valence-electron chi connectivity index (χ1n) is 3.23. The summed E-state index contributed by atoms with van der Waals surface area (Å²) in [5.41, 5.74) is 1.08. The molecular weight excluding hydrogens is 112 g/mol. The molecule has 0 N–H and O–H groups in total. The molecule has 0 amide bonds. The second-order valence-electron chi connectivity index (χ2n) is 1.85. The zero-order valence-corrected chi connectivity index (χ0v) is 6.39. The van der Waals surface area contributed by atoms with Crippen LogP contribution in [0.1, 0.15) is 19.8 Å². The Morgan fingerprint density at radius 1 is 1.44 bits per heavy atom. The van der Waals surface area contributed by atoms with Gasteiger partial charge in [0, 0.05) is 20.3 Å². The monoisotopic (exact) mass is 126 g/mol. The molecule has 2 heteroatoms. The van der Waals surface area contributed by atoms with Gasteiger partial charge in [-0.25, -0.2) is 0 Å². The number of hydrogen-bond acceptors (Lipinski definition) is 2. The van der Waals surface area contributed by atoms with Crippen molar-refractivity contribution in [3.63, 3.8) is 0 Å². The van der Waals surface area contributed by atoms with Crippen LogP contribution in [0.5, 0.6) is 0 Å². The van der Waals surface area contributed by atoms with E-state index < -0.39 is 0 Å². The molecule has 9 heavy (non-hydrogen) atoms. The van der Waals surface area contributed by atoms with Crippen molar-refractivity contribution >= 4 is 11.9 Å². The van der Waals surface area contributed by atoms with Gasteiger partial charge in [-0.15, -0.1) is 0 Å². The van der Waals surface area contributed by atoms with E-state index in [1.54, 1.807) is 14.1 Å². The molecule has 2 nitrogen and oxygen atoms in total. The first kappa shape index (κ1) is 8.34. The van der Waals surface area contributed by atoms with Crippen LogP contribution in [-0.2, 0) is 0 Å². The van der Waals surface area contributed by atoms with Crippen LogP contribution in [0, 0.1) is 0 Å². The van der Waals surface area contributed by atoms with Crippen molar-refractivity contribution in [3.05, 3.63) is 0 Å². The van der Waals surface area contributed by atoms with Crippen LogP contribution >= 0.6 is 0 Å². The van der Waals surface area contributed by atoms with Gasteiger partial charge in [-0.05, 0) is 6.42 Å². The van der Waals surface area contributed by atoms with Gasteiger partial charge in [0.1, 0.15) is 0 Å². The summed E-state index contributed by atoms with van der Waals surface area (Å²) < 4.78 is 0. The van der Waals surface area contributed by atoms with Gasteiger partial charge in [0.2, 0.25) is 0 Å². The molecule has 0 fully saturated rings. The highest BCUT2D eigenvalue weighted by molar-refractivity contribution is 6.30. The normalized spacial score (nSPS) is 13.0. The molecule has 0 radical (unpaired) electrons. The van der Waals surface area contributed by atoms with Gasteiger partial charge in [-0.2, -0.15) is 0 Å². The molecule has 0 atom stereocenters. The quantitative estimate of drug-likeness (QED) is 0.513. The molecule has 0 aliphatic rings. The van der Waals surface area contributed by atoms with E-state index in [0.29, 0.717) is 0 Å². The van der Waals surface area contributed by atoms with Crippen molar-refractivity contribution in [2.45, 2.75) is 19.8 Å². The summed E-state index contributed by atoms with van der Waals surface area (Å²) in [6.07, 6.45) is 3.98. The van der Waals surface area contributed by atoms with Crippen LogP contribution in [0.2, 0.25) is 0 Å². The lowest BCUT2D eigenvalue weighted by atomic mass is 10.2. The van der Waals surface area contributed by atoms with Crippen molar-refractivity contribution < 1.29 is 0 Å². The van der Waals surface area contributed by atoms with Gasteiger partial charge in [0.15, 0.2) is 0 Å². The standard InChI is InChI=1S/C7H14N2/c1-4-5-7(9-3)6-8-2/h6H,4-5H2,1-3H3. The third-order valence-corrected chi connectivity index (χ3v) is 1.07.